The number of imidazole rings is 1. The third-order valence-corrected chi connectivity index (χ3v) is 8.66. The quantitative estimate of drug-likeness (QED) is 0.249. The number of pyridine rings is 1. The Kier molecular flexibility index (Phi) is 8.09. The Morgan fingerprint density at radius 3 is 2.55 bits per heavy atom. The molecule has 0 spiro atoms. The lowest BCUT2D eigenvalue weighted by Crippen LogP contribution is -2.34. The molecule has 1 saturated carbocycles. The molecule has 0 radical (unpaired) electrons. The molecule has 2 fully saturated rings. The van der Waals surface area contributed by atoms with Gasteiger partial charge >= 0.3 is 5.97 Å². The summed E-state index contributed by atoms with van der Waals surface area (Å²) < 4.78 is 36.1. The minimum absolute atomic E-state index is 0.0105. The molecular formula is C33H36F2N4O3. The van der Waals surface area contributed by atoms with Gasteiger partial charge in [0, 0.05) is 43.5 Å². The van der Waals surface area contributed by atoms with Gasteiger partial charge in [-0.3, -0.25) is 9.78 Å². The van der Waals surface area contributed by atoms with Crippen molar-refractivity contribution in [3.8, 4) is 5.75 Å². The van der Waals surface area contributed by atoms with Crippen LogP contribution in [0.25, 0.3) is 11.0 Å². The van der Waals surface area contributed by atoms with E-state index in [9.17, 15) is 18.7 Å². The summed E-state index contributed by atoms with van der Waals surface area (Å²) in [6.45, 7) is 3.71. The molecular weight excluding hydrogens is 538 g/mol. The Balaban J connectivity index is 1.32. The average Bonchev–Trinajstić information content (AvgIpc) is 3.35. The van der Waals surface area contributed by atoms with Crippen molar-refractivity contribution in [3.05, 3.63) is 83.2 Å². The lowest BCUT2D eigenvalue weighted by atomic mass is 9.78. The zero-order valence-corrected chi connectivity index (χ0v) is 23.8. The highest BCUT2D eigenvalue weighted by Gasteiger charge is 2.35. The first-order valence-corrected chi connectivity index (χ1v) is 14.8. The second-order valence-electron chi connectivity index (χ2n) is 11.6. The van der Waals surface area contributed by atoms with Crippen molar-refractivity contribution in [2.75, 3.05) is 18.0 Å². The maximum Gasteiger partial charge on any atom is 0.307 e. The van der Waals surface area contributed by atoms with Crippen molar-refractivity contribution in [1.29, 1.82) is 0 Å². The Bertz CT molecular complexity index is 1560. The number of carbonyl (C=O) groups is 1. The van der Waals surface area contributed by atoms with Crippen molar-refractivity contribution in [2.45, 2.75) is 70.7 Å². The van der Waals surface area contributed by atoms with Crippen LogP contribution >= 0.6 is 0 Å². The molecule has 1 aliphatic heterocycles. The summed E-state index contributed by atoms with van der Waals surface area (Å²) >= 11 is 0. The third-order valence-electron chi connectivity index (χ3n) is 8.66. The molecule has 9 heteroatoms. The number of halogens is 2. The molecule has 2 aromatic heterocycles. The topological polar surface area (TPSA) is 80.5 Å². The van der Waals surface area contributed by atoms with Gasteiger partial charge in [-0.1, -0.05) is 25.0 Å². The van der Waals surface area contributed by atoms with Gasteiger partial charge in [-0.05, 0) is 74.1 Å². The second kappa shape index (κ2) is 12.1. The van der Waals surface area contributed by atoms with E-state index in [1.54, 1.807) is 19.2 Å². The number of carboxylic acids is 1. The summed E-state index contributed by atoms with van der Waals surface area (Å²) in [5, 5.41) is 10.0. The van der Waals surface area contributed by atoms with Gasteiger partial charge in [0.25, 0.3) is 0 Å². The Hall–Kier alpha value is -4.01. The normalized spacial score (nSPS) is 19.7. The number of piperidine rings is 1. The minimum atomic E-state index is -0.781. The molecule has 6 rings (SSSR count). The largest absolute Gasteiger partial charge is 0.487 e. The van der Waals surface area contributed by atoms with Crippen LogP contribution in [0.5, 0.6) is 5.75 Å². The summed E-state index contributed by atoms with van der Waals surface area (Å²) in [6, 6.07) is 15.3. The monoisotopic (exact) mass is 574 g/mol. The van der Waals surface area contributed by atoms with Crippen LogP contribution in [0.1, 0.15) is 67.1 Å². The molecule has 1 N–H and O–H groups in total. The van der Waals surface area contributed by atoms with Gasteiger partial charge in [-0.25, -0.2) is 13.8 Å². The Labute approximate surface area is 244 Å². The molecule has 0 amide bonds. The molecule has 7 nitrogen and oxygen atoms in total. The van der Waals surface area contributed by atoms with Crippen LogP contribution in [-0.4, -0.2) is 44.9 Å². The van der Waals surface area contributed by atoms with E-state index in [2.05, 4.69) is 38.7 Å². The number of aliphatic carboxylic acids is 1. The number of fused-ring (bicyclic) bond motifs is 1. The maximum absolute atomic E-state index is 14.4. The van der Waals surface area contributed by atoms with Crippen LogP contribution in [0.4, 0.5) is 14.5 Å². The number of alkyl halides is 1. The van der Waals surface area contributed by atoms with Crippen LogP contribution in [0.3, 0.4) is 0 Å². The van der Waals surface area contributed by atoms with E-state index < -0.39 is 23.9 Å². The molecule has 1 saturated heterocycles. The second-order valence-corrected chi connectivity index (χ2v) is 11.6. The van der Waals surface area contributed by atoms with Gasteiger partial charge in [0.15, 0.2) is 0 Å². The highest BCUT2D eigenvalue weighted by Crippen LogP contribution is 2.39. The van der Waals surface area contributed by atoms with Gasteiger partial charge in [-0.15, -0.1) is 0 Å². The molecule has 42 heavy (non-hydrogen) atoms. The summed E-state index contributed by atoms with van der Waals surface area (Å²) in [6.07, 6.45) is 5.27. The number of anilines is 1. The molecule has 1 aliphatic carbocycles. The van der Waals surface area contributed by atoms with Crippen LogP contribution in [-0.2, 0) is 17.9 Å². The van der Waals surface area contributed by atoms with E-state index in [1.807, 2.05) is 12.1 Å². The SMILES string of the molecule is Cc1cnc(COc2ccc3nc([C@H]4CCCC[C@H]4C(=O)O)n(Cc4ccc(N5CCC(F)CC5)cc4)c3c2)c(F)c1. The third kappa shape index (κ3) is 5.96. The summed E-state index contributed by atoms with van der Waals surface area (Å²) in [7, 11) is 0. The first-order chi connectivity index (χ1) is 20.4. The number of nitrogens with zero attached hydrogens (tertiary/aromatic N) is 4. The van der Waals surface area contributed by atoms with Crippen LogP contribution in [0, 0.1) is 18.7 Å². The smallest absolute Gasteiger partial charge is 0.307 e. The lowest BCUT2D eigenvalue weighted by Gasteiger charge is -2.30. The van der Waals surface area contributed by atoms with E-state index in [0.717, 1.165) is 52.9 Å². The van der Waals surface area contributed by atoms with Gasteiger partial charge < -0.3 is 19.3 Å². The van der Waals surface area contributed by atoms with E-state index in [-0.39, 0.29) is 18.2 Å². The molecule has 2 atom stereocenters. The van der Waals surface area contributed by atoms with Crippen molar-refractivity contribution in [1.82, 2.24) is 14.5 Å². The number of aromatic nitrogens is 3. The first kappa shape index (κ1) is 28.1. The van der Waals surface area contributed by atoms with Crippen LogP contribution in [0.15, 0.2) is 54.7 Å². The number of rotatable bonds is 8. The zero-order valence-electron chi connectivity index (χ0n) is 23.8. The van der Waals surface area contributed by atoms with Crippen molar-refractivity contribution >= 4 is 22.7 Å². The predicted octanol–water partition coefficient (Wildman–Crippen LogP) is 6.80. The number of ether oxygens (including phenoxy) is 1. The van der Waals surface area contributed by atoms with Crippen molar-refractivity contribution < 1.29 is 23.4 Å². The number of hydrogen-bond acceptors (Lipinski definition) is 5. The fourth-order valence-corrected chi connectivity index (χ4v) is 6.32. The van der Waals surface area contributed by atoms with Gasteiger partial charge in [0.2, 0.25) is 0 Å². The average molecular weight is 575 g/mol. The summed E-state index contributed by atoms with van der Waals surface area (Å²) in [5.41, 5.74) is 4.71. The molecule has 220 valence electrons. The number of benzene rings is 2. The molecule has 2 aromatic carbocycles. The number of hydrogen-bond donors (Lipinski definition) is 1. The first-order valence-electron chi connectivity index (χ1n) is 14.8. The van der Waals surface area contributed by atoms with Gasteiger partial charge in [0.05, 0.1) is 17.0 Å². The maximum atomic E-state index is 14.4. The number of carboxylic acid groups (broad SMARTS) is 1. The van der Waals surface area contributed by atoms with Gasteiger partial charge in [0.1, 0.15) is 35.9 Å². The zero-order chi connectivity index (χ0) is 29.2. The van der Waals surface area contributed by atoms with Gasteiger partial charge in [-0.2, -0.15) is 0 Å². The fraction of sp³-hybridized carbons (Fsp3) is 0.424. The highest BCUT2D eigenvalue weighted by molar-refractivity contribution is 5.79. The number of aryl methyl sites for hydroxylation is 1. The molecule has 4 aromatic rings. The highest BCUT2D eigenvalue weighted by atomic mass is 19.1. The molecule has 0 bridgehead atoms. The van der Waals surface area contributed by atoms with E-state index >= 15 is 0 Å². The lowest BCUT2D eigenvalue weighted by molar-refractivity contribution is -0.143. The van der Waals surface area contributed by atoms with Crippen molar-refractivity contribution in [2.24, 2.45) is 5.92 Å². The van der Waals surface area contributed by atoms with Crippen molar-refractivity contribution in [3.63, 3.8) is 0 Å². The van der Waals surface area contributed by atoms with E-state index in [0.29, 0.717) is 44.6 Å². The summed E-state index contributed by atoms with van der Waals surface area (Å²) in [4.78, 5) is 23.6. The summed E-state index contributed by atoms with van der Waals surface area (Å²) in [5.74, 6) is -0.535. The predicted molar refractivity (Wildman–Crippen MR) is 157 cm³/mol. The Morgan fingerprint density at radius 1 is 1.05 bits per heavy atom. The van der Waals surface area contributed by atoms with E-state index in [1.165, 1.54) is 6.07 Å². The molecule has 0 unspecified atom stereocenters. The standard InChI is InChI=1S/C33H36F2N4O3/c1-21-16-28(35)30(36-18-21)20-42-25-10-11-29-31(17-25)39(32(37-29)26-4-2-3-5-27(26)33(40)41)19-22-6-8-24(9-7-22)38-14-12-23(34)13-15-38/h6-11,16-18,23,26-27H,2-5,12-15,19-20H2,1H3,(H,40,41)/t26-,27+/m0/s1. The van der Waals surface area contributed by atoms with Crippen LogP contribution < -0.4 is 9.64 Å². The molecule has 2 aliphatic rings. The molecule has 3 heterocycles. The fourth-order valence-electron chi connectivity index (χ4n) is 6.32. The Morgan fingerprint density at radius 2 is 1.81 bits per heavy atom. The van der Waals surface area contributed by atoms with Crippen LogP contribution in [0.2, 0.25) is 0 Å². The van der Waals surface area contributed by atoms with E-state index in [4.69, 9.17) is 9.72 Å². The minimum Gasteiger partial charge on any atom is -0.487 e.